The van der Waals surface area contributed by atoms with Crippen molar-refractivity contribution in [2.75, 3.05) is 64.0 Å². The fraction of sp³-hybridized carbons (Fsp3) is 0.857. The van der Waals surface area contributed by atoms with Gasteiger partial charge in [-0.1, -0.05) is 21.6 Å². The molecule has 0 radical (unpaired) electrons. The Morgan fingerprint density at radius 2 is 1.08 bits per heavy atom. The van der Waals surface area contributed by atoms with E-state index in [0.29, 0.717) is 39.0 Å². The molecule has 0 aromatic carbocycles. The smallest absolute Gasteiger partial charge is 0.221 e. The number of nitrogens with one attached hydrogen (secondary N) is 4. The maximum absolute atomic E-state index is 11.2. The molecule has 0 aliphatic rings. The van der Waals surface area contributed by atoms with Crippen LogP contribution in [-0.4, -0.2) is 86.0 Å². The zero-order valence-corrected chi connectivity index (χ0v) is 15.6. The van der Waals surface area contributed by atoms with Gasteiger partial charge >= 0.3 is 0 Å². The van der Waals surface area contributed by atoms with Crippen LogP contribution in [0.3, 0.4) is 0 Å². The Kier molecular flexibility index (Phi) is 18.4. The van der Waals surface area contributed by atoms with Crippen molar-refractivity contribution in [1.29, 1.82) is 0 Å². The first-order valence-corrected chi connectivity index (χ1v) is 10.6. The number of hydrogen-bond donors (Lipinski definition) is 6. The van der Waals surface area contributed by atoms with E-state index in [2.05, 4.69) is 21.3 Å². The van der Waals surface area contributed by atoms with E-state index < -0.39 is 0 Å². The van der Waals surface area contributed by atoms with Crippen molar-refractivity contribution in [2.24, 2.45) is 0 Å². The Balaban J connectivity index is 3.15. The normalized spacial score (nSPS) is 10.6. The van der Waals surface area contributed by atoms with E-state index in [4.69, 9.17) is 10.2 Å². The molecule has 10 heteroatoms. The summed E-state index contributed by atoms with van der Waals surface area (Å²) >= 11 is 0. The number of aliphatic hydroxyl groups excluding tert-OH is 2. The van der Waals surface area contributed by atoms with Crippen LogP contribution in [0.25, 0.3) is 0 Å². The van der Waals surface area contributed by atoms with Gasteiger partial charge in [0.25, 0.3) is 0 Å². The van der Waals surface area contributed by atoms with Gasteiger partial charge in [-0.05, 0) is 0 Å². The molecule has 0 aliphatic heterocycles. The lowest BCUT2D eigenvalue weighted by molar-refractivity contribution is -0.121. The average Bonchev–Trinajstić information content (AvgIpc) is 2.58. The van der Waals surface area contributed by atoms with Crippen LogP contribution in [0.5, 0.6) is 0 Å². The average molecular weight is 383 g/mol. The summed E-state index contributed by atoms with van der Waals surface area (Å²) in [5.74, 6) is 1.84. The van der Waals surface area contributed by atoms with E-state index in [-0.39, 0.29) is 25.0 Å². The second-order valence-electron chi connectivity index (χ2n) is 4.79. The van der Waals surface area contributed by atoms with Crippen LogP contribution in [0.1, 0.15) is 12.8 Å². The molecule has 24 heavy (non-hydrogen) atoms. The highest BCUT2D eigenvalue weighted by Crippen LogP contribution is 2.19. The summed E-state index contributed by atoms with van der Waals surface area (Å²) in [5.41, 5.74) is 0. The van der Waals surface area contributed by atoms with Crippen LogP contribution < -0.4 is 21.3 Å². The summed E-state index contributed by atoms with van der Waals surface area (Å²) in [4.78, 5) is 22.5. The highest BCUT2D eigenvalue weighted by Gasteiger charge is 2.00. The molecule has 0 rings (SSSR count). The molecule has 0 fully saturated rings. The van der Waals surface area contributed by atoms with Crippen LogP contribution in [0.2, 0.25) is 0 Å². The van der Waals surface area contributed by atoms with Gasteiger partial charge in [0.15, 0.2) is 0 Å². The van der Waals surface area contributed by atoms with Crippen molar-refractivity contribution in [1.82, 2.24) is 21.3 Å². The van der Waals surface area contributed by atoms with Crippen molar-refractivity contribution in [3.63, 3.8) is 0 Å². The summed E-state index contributed by atoms with van der Waals surface area (Å²) in [6.45, 7) is 3.55. The van der Waals surface area contributed by atoms with Crippen LogP contribution in [0.4, 0.5) is 0 Å². The molecule has 0 spiro atoms. The summed E-state index contributed by atoms with van der Waals surface area (Å²) < 4.78 is 0. The molecule has 0 aromatic rings. The Bertz CT molecular complexity index is 295. The van der Waals surface area contributed by atoms with E-state index in [1.807, 2.05) is 0 Å². The minimum Gasteiger partial charge on any atom is -0.395 e. The zero-order chi connectivity index (χ0) is 17.9. The lowest BCUT2D eigenvalue weighted by Gasteiger charge is -2.06. The fourth-order valence-electron chi connectivity index (χ4n) is 1.57. The fourth-order valence-corrected chi connectivity index (χ4v) is 3.46. The number of carbonyl (C=O) groups excluding carboxylic acids is 2. The van der Waals surface area contributed by atoms with Gasteiger partial charge in [-0.15, -0.1) is 0 Å². The number of rotatable bonds is 17. The monoisotopic (exact) mass is 382 g/mol. The van der Waals surface area contributed by atoms with Gasteiger partial charge in [-0.25, -0.2) is 0 Å². The SMILES string of the molecule is O=C(CCNCCSSCCNCCC(=O)NCCO)NCCO. The van der Waals surface area contributed by atoms with E-state index in [0.717, 1.165) is 24.6 Å². The highest BCUT2D eigenvalue weighted by molar-refractivity contribution is 8.76. The number of hydrogen-bond acceptors (Lipinski definition) is 8. The van der Waals surface area contributed by atoms with Crippen LogP contribution in [0, 0.1) is 0 Å². The standard InChI is InChI=1S/C14H30N4O4S2/c19-9-5-17-13(21)1-3-15-7-11-23-24-12-8-16-4-2-14(22)18-6-10-20/h15-16,19-20H,1-12H2,(H,17,21)(H,18,22). The molecule has 8 nitrogen and oxygen atoms in total. The first-order chi connectivity index (χ1) is 11.7. The molecule has 6 N–H and O–H groups in total. The Hall–Kier alpha value is -0.520. The van der Waals surface area contributed by atoms with Crippen LogP contribution >= 0.6 is 21.6 Å². The number of carbonyl (C=O) groups is 2. The van der Waals surface area contributed by atoms with E-state index >= 15 is 0 Å². The predicted octanol–water partition coefficient (Wildman–Crippen LogP) is -1.46. The third kappa shape index (κ3) is 17.8. The molecule has 0 saturated heterocycles. The van der Waals surface area contributed by atoms with Gasteiger partial charge in [0.2, 0.25) is 11.8 Å². The van der Waals surface area contributed by atoms with Crippen LogP contribution in [-0.2, 0) is 9.59 Å². The predicted molar refractivity (Wildman–Crippen MR) is 100 cm³/mol. The van der Waals surface area contributed by atoms with Gasteiger partial charge in [-0.2, -0.15) is 0 Å². The van der Waals surface area contributed by atoms with E-state index in [1.165, 1.54) is 0 Å². The third-order valence-corrected chi connectivity index (χ3v) is 5.14. The molecule has 0 saturated carbocycles. The highest BCUT2D eigenvalue weighted by atomic mass is 33.1. The summed E-state index contributed by atoms with van der Waals surface area (Å²) in [6.07, 6.45) is 0.848. The molecule has 2 amide bonds. The molecule has 0 unspecified atom stereocenters. The van der Waals surface area contributed by atoms with E-state index in [1.54, 1.807) is 21.6 Å². The molecule has 142 valence electrons. The molecular formula is C14H30N4O4S2. The molecule has 0 bridgehead atoms. The summed E-state index contributed by atoms with van der Waals surface area (Å²) in [7, 11) is 3.55. The maximum atomic E-state index is 11.2. The molecule has 0 atom stereocenters. The van der Waals surface area contributed by atoms with Crippen molar-refractivity contribution < 1.29 is 19.8 Å². The number of amides is 2. The second kappa shape index (κ2) is 18.8. The Morgan fingerprint density at radius 3 is 1.46 bits per heavy atom. The second-order valence-corrected chi connectivity index (χ2v) is 7.49. The van der Waals surface area contributed by atoms with Gasteiger partial charge in [-0.3, -0.25) is 9.59 Å². The first-order valence-electron chi connectivity index (χ1n) is 8.11. The van der Waals surface area contributed by atoms with Gasteiger partial charge in [0.05, 0.1) is 13.2 Å². The minimum absolute atomic E-state index is 0.0290. The molecule has 0 aromatic heterocycles. The van der Waals surface area contributed by atoms with Gasteiger partial charge in [0.1, 0.15) is 0 Å². The largest absolute Gasteiger partial charge is 0.395 e. The topological polar surface area (TPSA) is 123 Å². The Labute approximate surface area is 151 Å². The van der Waals surface area contributed by atoms with Gasteiger partial charge < -0.3 is 31.5 Å². The number of aliphatic hydroxyl groups is 2. The Morgan fingerprint density at radius 1 is 0.667 bits per heavy atom. The lowest BCUT2D eigenvalue weighted by Crippen LogP contribution is -2.30. The van der Waals surface area contributed by atoms with E-state index in [9.17, 15) is 9.59 Å². The van der Waals surface area contributed by atoms with Crippen molar-refractivity contribution >= 4 is 33.4 Å². The zero-order valence-electron chi connectivity index (χ0n) is 14.0. The minimum atomic E-state index is -0.0466. The van der Waals surface area contributed by atoms with Crippen molar-refractivity contribution in [2.45, 2.75) is 12.8 Å². The van der Waals surface area contributed by atoms with Crippen LogP contribution in [0.15, 0.2) is 0 Å². The van der Waals surface area contributed by atoms with Crippen molar-refractivity contribution in [3.8, 4) is 0 Å². The first kappa shape index (κ1) is 23.5. The quantitative estimate of drug-likeness (QED) is 0.133. The van der Waals surface area contributed by atoms with Gasteiger partial charge in [0, 0.05) is 63.6 Å². The maximum Gasteiger partial charge on any atom is 0.221 e. The molecular weight excluding hydrogens is 352 g/mol. The summed E-state index contributed by atoms with van der Waals surface area (Å²) in [6, 6.07) is 0. The lowest BCUT2D eigenvalue weighted by atomic mass is 10.4. The molecule has 0 aliphatic carbocycles. The molecule has 0 heterocycles. The third-order valence-electron chi connectivity index (χ3n) is 2.73. The summed E-state index contributed by atoms with van der Waals surface area (Å²) in [5, 5.41) is 28.7. The van der Waals surface area contributed by atoms with Crippen molar-refractivity contribution in [3.05, 3.63) is 0 Å².